The number of nitrogens with zero attached hydrogens (tertiary/aromatic N) is 3. The van der Waals surface area contributed by atoms with Crippen LogP contribution in [0, 0.1) is 0 Å². The molecule has 2 aliphatic rings. The summed E-state index contributed by atoms with van der Waals surface area (Å²) in [6.07, 6.45) is 6.77. The molecule has 1 aliphatic carbocycles. The molecule has 2 heterocycles. The van der Waals surface area contributed by atoms with Crippen LogP contribution in [0.5, 0.6) is 0 Å². The van der Waals surface area contributed by atoms with Gasteiger partial charge in [-0.3, -0.25) is 9.69 Å². The topological polar surface area (TPSA) is 47.4 Å². The van der Waals surface area contributed by atoms with E-state index in [2.05, 4.69) is 10.00 Å². The van der Waals surface area contributed by atoms with Crippen LogP contribution in [0.3, 0.4) is 0 Å². The van der Waals surface area contributed by atoms with Crippen LogP contribution in [-0.4, -0.2) is 47.5 Å². The van der Waals surface area contributed by atoms with E-state index in [1.54, 1.807) is 11.8 Å². The molecule has 0 N–H and O–H groups in total. The Morgan fingerprint density at radius 3 is 3.05 bits per heavy atom. The summed E-state index contributed by atoms with van der Waals surface area (Å²) in [4.78, 5) is 14.7. The summed E-state index contributed by atoms with van der Waals surface area (Å²) in [5.74, 6) is 0. The standard InChI is InChI=1S/C16H25N3O2/c1-21-10-9-18-8-4-6-14(18)12-19-16(20)11-13-5-2-3-7-15(13)17-19/h11,14H,2-10,12H2,1H3. The van der Waals surface area contributed by atoms with Crippen LogP contribution < -0.4 is 5.56 Å². The van der Waals surface area contributed by atoms with Crippen LogP contribution in [0.2, 0.25) is 0 Å². The van der Waals surface area contributed by atoms with Crippen molar-refractivity contribution in [2.45, 2.75) is 51.1 Å². The molecule has 1 fully saturated rings. The summed E-state index contributed by atoms with van der Waals surface area (Å²) in [5.41, 5.74) is 2.38. The molecule has 0 aromatic carbocycles. The van der Waals surface area contributed by atoms with Gasteiger partial charge in [0.05, 0.1) is 18.8 Å². The van der Waals surface area contributed by atoms with Gasteiger partial charge >= 0.3 is 0 Å². The van der Waals surface area contributed by atoms with Crippen molar-refractivity contribution >= 4 is 0 Å². The Labute approximate surface area is 125 Å². The zero-order valence-electron chi connectivity index (χ0n) is 12.9. The largest absolute Gasteiger partial charge is 0.383 e. The van der Waals surface area contributed by atoms with Crippen LogP contribution in [0.15, 0.2) is 10.9 Å². The van der Waals surface area contributed by atoms with Gasteiger partial charge in [0.15, 0.2) is 0 Å². The van der Waals surface area contributed by atoms with Gasteiger partial charge in [0.25, 0.3) is 5.56 Å². The molecule has 3 rings (SSSR count). The van der Waals surface area contributed by atoms with Crippen molar-refractivity contribution in [3.05, 3.63) is 27.7 Å². The number of likely N-dealkylation sites (tertiary alicyclic amines) is 1. The quantitative estimate of drug-likeness (QED) is 0.819. The van der Waals surface area contributed by atoms with Crippen molar-refractivity contribution in [1.82, 2.24) is 14.7 Å². The van der Waals surface area contributed by atoms with Crippen molar-refractivity contribution in [2.24, 2.45) is 0 Å². The van der Waals surface area contributed by atoms with Crippen LogP contribution in [0.4, 0.5) is 0 Å². The molecule has 0 spiro atoms. The smallest absolute Gasteiger partial charge is 0.267 e. The lowest BCUT2D eigenvalue weighted by Crippen LogP contribution is -2.39. The Morgan fingerprint density at radius 1 is 1.33 bits per heavy atom. The summed E-state index contributed by atoms with van der Waals surface area (Å²) in [7, 11) is 1.74. The highest BCUT2D eigenvalue weighted by Crippen LogP contribution is 2.19. The first kappa shape index (κ1) is 14.7. The van der Waals surface area contributed by atoms with Crippen LogP contribution in [0.25, 0.3) is 0 Å². The van der Waals surface area contributed by atoms with Crippen molar-refractivity contribution in [1.29, 1.82) is 0 Å². The van der Waals surface area contributed by atoms with E-state index in [4.69, 9.17) is 4.74 Å². The average molecular weight is 291 g/mol. The van der Waals surface area contributed by atoms with E-state index in [0.29, 0.717) is 6.04 Å². The fraction of sp³-hybridized carbons (Fsp3) is 0.750. The molecule has 0 saturated carbocycles. The van der Waals surface area contributed by atoms with Crippen molar-refractivity contribution in [3.8, 4) is 0 Å². The van der Waals surface area contributed by atoms with Crippen molar-refractivity contribution < 1.29 is 4.74 Å². The summed E-state index contributed by atoms with van der Waals surface area (Å²) in [5, 5.41) is 4.64. The summed E-state index contributed by atoms with van der Waals surface area (Å²) in [6.45, 7) is 3.52. The number of aryl methyl sites for hydroxylation is 2. The number of aromatic nitrogens is 2. The van der Waals surface area contributed by atoms with Crippen LogP contribution >= 0.6 is 0 Å². The molecule has 1 saturated heterocycles. The number of methoxy groups -OCH3 is 1. The Morgan fingerprint density at radius 2 is 2.19 bits per heavy atom. The summed E-state index contributed by atoms with van der Waals surface area (Å²) in [6, 6.07) is 2.24. The van der Waals surface area contributed by atoms with Crippen LogP contribution in [-0.2, 0) is 24.1 Å². The molecule has 0 bridgehead atoms. The molecule has 1 aromatic heterocycles. The number of rotatable bonds is 5. The van der Waals surface area contributed by atoms with Crippen LogP contribution in [0.1, 0.15) is 36.9 Å². The van der Waals surface area contributed by atoms with Crippen molar-refractivity contribution in [2.75, 3.05) is 26.8 Å². The molecule has 0 amide bonds. The number of hydrogen-bond donors (Lipinski definition) is 0. The van der Waals surface area contributed by atoms with E-state index >= 15 is 0 Å². The zero-order chi connectivity index (χ0) is 14.7. The maximum Gasteiger partial charge on any atom is 0.267 e. The minimum atomic E-state index is 0.0641. The molecule has 1 aliphatic heterocycles. The lowest BCUT2D eigenvalue weighted by atomic mass is 9.97. The number of hydrogen-bond acceptors (Lipinski definition) is 4. The minimum Gasteiger partial charge on any atom is -0.383 e. The van der Waals surface area contributed by atoms with Gasteiger partial charge in [-0.2, -0.15) is 5.10 Å². The van der Waals surface area contributed by atoms with E-state index in [1.165, 1.54) is 24.8 Å². The first-order valence-electron chi connectivity index (χ1n) is 8.11. The Balaban J connectivity index is 1.73. The predicted molar refractivity (Wildman–Crippen MR) is 81.6 cm³/mol. The first-order valence-corrected chi connectivity index (χ1v) is 8.11. The monoisotopic (exact) mass is 291 g/mol. The van der Waals surface area contributed by atoms with E-state index in [-0.39, 0.29) is 5.56 Å². The maximum absolute atomic E-state index is 12.3. The van der Waals surface area contributed by atoms with E-state index < -0.39 is 0 Å². The van der Waals surface area contributed by atoms with E-state index in [9.17, 15) is 4.79 Å². The molecular formula is C16H25N3O2. The first-order chi connectivity index (χ1) is 10.3. The average Bonchev–Trinajstić information content (AvgIpc) is 2.93. The summed E-state index contributed by atoms with van der Waals surface area (Å²) < 4.78 is 6.87. The fourth-order valence-electron chi connectivity index (χ4n) is 3.54. The number of fused-ring (bicyclic) bond motifs is 1. The molecular weight excluding hydrogens is 266 g/mol. The van der Waals surface area contributed by atoms with Gasteiger partial charge in [0.2, 0.25) is 0 Å². The fourth-order valence-corrected chi connectivity index (χ4v) is 3.54. The lowest BCUT2D eigenvalue weighted by molar-refractivity contribution is 0.133. The molecule has 1 unspecified atom stereocenters. The predicted octanol–water partition coefficient (Wildman–Crippen LogP) is 1.23. The lowest BCUT2D eigenvalue weighted by Gasteiger charge is -2.25. The van der Waals surface area contributed by atoms with Gasteiger partial charge in [-0.1, -0.05) is 0 Å². The summed E-state index contributed by atoms with van der Waals surface area (Å²) >= 11 is 0. The van der Waals surface area contributed by atoms with Gasteiger partial charge in [-0.15, -0.1) is 0 Å². The molecule has 116 valence electrons. The van der Waals surface area contributed by atoms with Gasteiger partial charge in [-0.25, -0.2) is 4.68 Å². The number of ether oxygens (including phenoxy) is 1. The second kappa shape index (κ2) is 6.71. The van der Waals surface area contributed by atoms with Gasteiger partial charge in [0.1, 0.15) is 0 Å². The minimum absolute atomic E-state index is 0.0641. The van der Waals surface area contributed by atoms with Gasteiger partial charge in [-0.05, 0) is 50.6 Å². The Bertz CT molecular complexity index is 541. The second-order valence-electron chi connectivity index (χ2n) is 6.17. The third-order valence-electron chi connectivity index (χ3n) is 4.74. The Hall–Kier alpha value is -1.20. The zero-order valence-corrected chi connectivity index (χ0v) is 12.9. The van der Waals surface area contributed by atoms with Gasteiger partial charge in [0, 0.05) is 25.8 Å². The van der Waals surface area contributed by atoms with E-state index in [1.807, 2.05) is 6.07 Å². The maximum atomic E-state index is 12.3. The molecule has 5 nitrogen and oxygen atoms in total. The highest BCUT2D eigenvalue weighted by molar-refractivity contribution is 5.20. The third kappa shape index (κ3) is 3.35. The molecule has 5 heteroatoms. The Kier molecular flexibility index (Phi) is 4.70. The normalized spacial score (nSPS) is 22.4. The second-order valence-corrected chi connectivity index (χ2v) is 6.17. The molecule has 0 radical (unpaired) electrons. The highest BCUT2D eigenvalue weighted by Gasteiger charge is 2.25. The third-order valence-corrected chi connectivity index (χ3v) is 4.74. The molecule has 1 aromatic rings. The highest BCUT2D eigenvalue weighted by atomic mass is 16.5. The molecule has 1 atom stereocenters. The SMILES string of the molecule is COCCN1CCCC1Cn1nc2c(cc1=O)CCCC2. The van der Waals surface area contributed by atoms with E-state index in [0.717, 1.165) is 51.2 Å². The van der Waals surface area contributed by atoms with Gasteiger partial charge < -0.3 is 4.74 Å². The van der Waals surface area contributed by atoms with Crippen molar-refractivity contribution in [3.63, 3.8) is 0 Å². The molecule has 21 heavy (non-hydrogen) atoms.